The molecule has 0 fully saturated rings. The van der Waals surface area contributed by atoms with Gasteiger partial charge in [-0.2, -0.15) is 0 Å². The van der Waals surface area contributed by atoms with Gasteiger partial charge in [-0.3, -0.25) is 4.79 Å². The van der Waals surface area contributed by atoms with Crippen molar-refractivity contribution < 1.29 is 9.53 Å². The van der Waals surface area contributed by atoms with E-state index < -0.39 is 0 Å². The molecule has 0 radical (unpaired) electrons. The molecule has 0 bridgehead atoms. The smallest absolute Gasteiger partial charge is 0.251 e. The molecule has 1 amide bonds. The Kier molecular flexibility index (Phi) is 4.37. The molecule has 1 aliphatic rings. The molecule has 5 heteroatoms. The minimum atomic E-state index is -0.0264. The van der Waals surface area contributed by atoms with Gasteiger partial charge in [-0.15, -0.1) is 0 Å². The van der Waals surface area contributed by atoms with Crippen molar-refractivity contribution in [1.82, 2.24) is 14.9 Å². The minimum Gasteiger partial charge on any atom is -0.494 e. The van der Waals surface area contributed by atoms with E-state index in [2.05, 4.69) is 21.1 Å². The summed E-state index contributed by atoms with van der Waals surface area (Å²) in [4.78, 5) is 17.0. The van der Waals surface area contributed by atoms with Crippen LogP contribution in [-0.2, 0) is 13.0 Å². The molecule has 1 aliphatic heterocycles. The summed E-state index contributed by atoms with van der Waals surface area (Å²) in [6, 6.07) is 5.72. The van der Waals surface area contributed by atoms with Crippen LogP contribution in [0.4, 0.5) is 0 Å². The fourth-order valence-electron chi connectivity index (χ4n) is 3.08. The van der Waals surface area contributed by atoms with Crippen LogP contribution in [0.1, 0.15) is 40.8 Å². The van der Waals surface area contributed by atoms with Gasteiger partial charge in [0.2, 0.25) is 0 Å². The van der Waals surface area contributed by atoms with Crippen LogP contribution < -0.4 is 10.1 Å². The monoisotopic (exact) mass is 313 g/mol. The fraction of sp³-hybridized carbons (Fsp3) is 0.444. The summed E-state index contributed by atoms with van der Waals surface area (Å²) in [5, 5.41) is 3.14. The van der Waals surface area contributed by atoms with Crippen molar-refractivity contribution in [3.05, 3.63) is 47.0 Å². The number of hydrogen-bond donors (Lipinski definition) is 1. The Balaban J connectivity index is 1.67. The van der Waals surface area contributed by atoms with Gasteiger partial charge >= 0.3 is 0 Å². The third-order valence-electron chi connectivity index (χ3n) is 4.19. The maximum atomic E-state index is 12.5. The third-order valence-corrected chi connectivity index (χ3v) is 4.19. The Morgan fingerprint density at radius 1 is 1.43 bits per heavy atom. The van der Waals surface area contributed by atoms with E-state index in [1.165, 1.54) is 0 Å². The van der Waals surface area contributed by atoms with E-state index in [9.17, 15) is 4.79 Å². The van der Waals surface area contributed by atoms with E-state index >= 15 is 0 Å². The zero-order chi connectivity index (χ0) is 16.4. The fourth-order valence-corrected chi connectivity index (χ4v) is 3.08. The van der Waals surface area contributed by atoms with Crippen LogP contribution in [-0.4, -0.2) is 28.1 Å². The summed E-state index contributed by atoms with van der Waals surface area (Å²) in [6.45, 7) is 7.33. The second-order valence-corrected chi connectivity index (χ2v) is 6.07. The Morgan fingerprint density at radius 3 is 3.00 bits per heavy atom. The predicted molar refractivity (Wildman–Crippen MR) is 88.9 cm³/mol. The topological polar surface area (TPSA) is 56.1 Å². The first kappa shape index (κ1) is 15.6. The van der Waals surface area contributed by atoms with Crippen LogP contribution in [0.2, 0.25) is 0 Å². The lowest BCUT2D eigenvalue weighted by atomic mass is 10.1. The lowest BCUT2D eigenvalue weighted by Gasteiger charge is -2.24. The molecule has 3 rings (SSSR count). The summed E-state index contributed by atoms with van der Waals surface area (Å²) in [5.74, 6) is 1.92. The van der Waals surface area contributed by atoms with Crippen LogP contribution in [0.25, 0.3) is 0 Å². The molecule has 5 nitrogen and oxygen atoms in total. The first-order valence-electron chi connectivity index (χ1n) is 8.13. The molecule has 0 aliphatic carbocycles. The Labute approximate surface area is 136 Å². The lowest BCUT2D eigenvalue weighted by molar-refractivity contribution is 0.0927. The van der Waals surface area contributed by atoms with Gasteiger partial charge in [-0.1, -0.05) is 0 Å². The number of aromatic nitrogens is 2. The maximum absolute atomic E-state index is 12.5. The number of carbonyl (C=O) groups is 1. The van der Waals surface area contributed by atoms with Gasteiger partial charge in [0.05, 0.1) is 12.3 Å². The number of rotatable bonds is 4. The van der Waals surface area contributed by atoms with Crippen LogP contribution in [0.5, 0.6) is 5.75 Å². The normalized spacial score (nSPS) is 16.7. The van der Waals surface area contributed by atoms with Gasteiger partial charge in [-0.25, -0.2) is 4.98 Å². The van der Waals surface area contributed by atoms with E-state index in [1.807, 2.05) is 39.0 Å². The molecule has 1 aromatic carbocycles. The van der Waals surface area contributed by atoms with Crippen molar-refractivity contribution in [2.45, 2.75) is 46.2 Å². The summed E-state index contributed by atoms with van der Waals surface area (Å²) < 4.78 is 7.67. The van der Waals surface area contributed by atoms with Gasteiger partial charge in [0.15, 0.2) is 0 Å². The molecule has 0 saturated heterocycles. The van der Waals surface area contributed by atoms with E-state index in [0.29, 0.717) is 12.2 Å². The molecule has 1 aromatic heterocycles. The highest BCUT2D eigenvalue weighted by Crippen LogP contribution is 2.20. The quantitative estimate of drug-likeness (QED) is 0.944. The number of nitrogens with one attached hydrogen (secondary N) is 1. The largest absolute Gasteiger partial charge is 0.494 e. The second-order valence-electron chi connectivity index (χ2n) is 6.07. The average Bonchev–Trinajstić information content (AvgIpc) is 2.88. The highest BCUT2D eigenvalue weighted by atomic mass is 16.5. The average molecular weight is 313 g/mol. The number of hydrogen-bond acceptors (Lipinski definition) is 3. The van der Waals surface area contributed by atoms with Crippen LogP contribution in [0.3, 0.4) is 0 Å². The van der Waals surface area contributed by atoms with Gasteiger partial charge < -0.3 is 14.6 Å². The van der Waals surface area contributed by atoms with Crippen LogP contribution in [0.15, 0.2) is 24.4 Å². The molecule has 1 unspecified atom stereocenters. The van der Waals surface area contributed by atoms with Crippen molar-refractivity contribution in [2.24, 2.45) is 0 Å². The summed E-state index contributed by atoms with van der Waals surface area (Å²) in [5.41, 5.74) is 2.70. The van der Waals surface area contributed by atoms with Gasteiger partial charge in [0.25, 0.3) is 5.91 Å². The van der Waals surface area contributed by atoms with Gasteiger partial charge in [0, 0.05) is 30.8 Å². The lowest BCUT2D eigenvalue weighted by Crippen LogP contribution is -2.40. The Morgan fingerprint density at radius 2 is 2.26 bits per heavy atom. The minimum absolute atomic E-state index is 0.0264. The molecule has 1 atom stereocenters. The number of benzene rings is 1. The van der Waals surface area contributed by atoms with E-state index in [4.69, 9.17) is 4.74 Å². The van der Waals surface area contributed by atoms with Gasteiger partial charge in [-0.05, 0) is 51.0 Å². The maximum Gasteiger partial charge on any atom is 0.251 e. The van der Waals surface area contributed by atoms with Crippen molar-refractivity contribution >= 4 is 5.91 Å². The van der Waals surface area contributed by atoms with Gasteiger partial charge in [0.1, 0.15) is 11.6 Å². The number of ether oxygens (including phenoxy) is 1. The zero-order valence-corrected chi connectivity index (χ0v) is 13.9. The number of amides is 1. The molecule has 0 saturated carbocycles. The van der Waals surface area contributed by atoms with Crippen molar-refractivity contribution in [1.29, 1.82) is 0 Å². The Bertz CT molecular complexity index is 721. The second kappa shape index (κ2) is 6.44. The van der Waals surface area contributed by atoms with Crippen LogP contribution in [0, 0.1) is 13.8 Å². The molecule has 2 heterocycles. The van der Waals surface area contributed by atoms with E-state index in [0.717, 1.165) is 42.2 Å². The molecular formula is C18H23N3O2. The number of nitrogens with zero attached hydrogens (tertiary/aromatic N) is 2. The molecule has 2 aromatic rings. The summed E-state index contributed by atoms with van der Waals surface area (Å²) >= 11 is 0. The summed E-state index contributed by atoms with van der Waals surface area (Å²) in [6.07, 6.45) is 3.88. The SMILES string of the molecule is CCOc1ccc(C(=O)NC2CCc3nc(C)cn3C2)cc1C. The van der Waals surface area contributed by atoms with E-state index in [1.54, 1.807) is 0 Å². The number of aryl methyl sites for hydroxylation is 3. The van der Waals surface area contributed by atoms with Crippen molar-refractivity contribution in [3.63, 3.8) is 0 Å². The molecular weight excluding hydrogens is 290 g/mol. The van der Waals surface area contributed by atoms with Crippen LogP contribution >= 0.6 is 0 Å². The highest BCUT2D eigenvalue weighted by Gasteiger charge is 2.21. The predicted octanol–water partition coefficient (Wildman–Crippen LogP) is 2.64. The molecule has 0 spiro atoms. The summed E-state index contributed by atoms with van der Waals surface area (Å²) in [7, 11) is 0. The number of carbonyl (C=O) groups excluding carboxylic acids is 1. The third kappa shape index (κ3) is 3.38. The molecule has 1 N–H and O–H groups in total. The first-order valence-corrected chi connectivity index (χ1v) is 8.13. The number of imidazole rings is 1. The first-order chi connectivity index (χ1) is 11.1. The van der Waals surface area contributed by atoms with E-state index in [-0.39, 0.29) is 11.9 Å². The molecule has 122 valence electrons. The van der Waals surface area contributed by atoms with Crippen molar-refractivity contribution in [3.8, 4) is 5.75 Å². The highest BCUT2D eigenvalue weighted by molar-refractivity contribution is 5.94. The van der Waals surface area contributed by atoms with Crippen molar-refractivity contribution in [2.75, 3.05) is 6.61 Å². The number of fused-ring (bicyclic) bond motifs is 1. The molecule has 23 heavy (non-hydrogen) atoms. The zero-order valence-electron chi connectivity index (χ0n) is 13.9. The standard InChI is InChI=1S/C18H23N3O2/c1-4-23-16-7-5-14(9-12(16)2)18(22)20-15-6-8-17-19-13(3)10-21(17)11-15/h5,7,9-10,15H,4,6,8,11H2,1-3H3,(H,20,22). The Hall–Kier alpha value is -2.30.